The molecule has 0 aromatic carbocycles. The van der Waals surface area contributed by atoms with Crippen LogP contribution in [0.3, 0.4) is 0 Å². The lowest BCUT2D eigenvalue weighted by molar-refractivity contribution is 0.356. The molecule has 20 heavy (non-hydrogen) atoms. The molecule has 0 fully saturated rings. The van der Waals surface area contributed by atoms with Crippen molar-refractivity contribution in [2.24, 2.45) is 5.41 Å². The molecule has 0 spiro atoms. The molecular weight excluding hydrogens is 246 g/mol. The normalized spacial score (nSPS) is 12.9. The average Bonchev–Trinajstić information content (AvgIpc) is 2.74. The van der Waals surface area contributed by atoms with Crippen LogP contribution in [0.15, 0.2) is 6.20 Å². The Morgan fingerprint density at radius 1 is 0.900 bits per heavy atom. The fourth-order valence-electron chi connectivity index (χ4n) is 2.21. The molecule has 0 unspecified atom stereocenters. The largest absolute Gasteiger partial charge is 0.252 e. The van der Waals surface area contributed by atoms with Crippen LogP contribution in [0.25, 0.3) is 0 Å². The van der Waals surface area contributed by atoms with E-state index >= 15 is 0 Å². The Balaban J connectivity index is 2.11. The van der Waals surface area contributed by atoms with Crippen molar-refractivity contribution in [1.82, 2.24) is 15.0 Å². The Morgan fingerprint density at radius 3 is 2.05 bits per heavy atom. The summed E-state index contributed by atoms with van der Waals surface area (Å²) in [7, 11) is 0. The molecule has 0 aliphatic heterocycles. The first-order chi connectivity index (χ1) is 9.18. The molecule has 0 aliphatic carbocycles. The quantitative estimate of drug-likeness (QED) is 0.660. The Hall–Kier alpha value is -0.860. The number of nitrogens with zero attached hydrogens (tertiary/aromatic N) is 3. The molecule has 0 N–H and O–H groups in total. The predicted octanol–water partition coefficient (Wildman–Crippen LogP) is 4.96. The molecule has 0 amide bonds. The lowest BCUT2D eigenvalue weighted by Crippen LogP contribution is -2.11. The van der Waals surface area contributed by atoms with Gasteiger partial charge in [0.15, 0.2) is 0 Å². The van der Waals surface area contributed by atoms with E-state index in [2.05, 4.69) is 58.1 Å². The molecule has 1 aromatic rings. The van der Waals surface area contributed by atoms with E-state index in [0.29, 0.717) is 5.41 Å². The van der Waals surface area contributed by atoms with Crippen molar-refractivity contribution in [1.29, 1.82) is 0 Å². The van der Waals surface area contributed by atoms with Gasteiger partial charge in [0.05, 0.1) is 5.69 Å². The van der Waals surface area contributed by atoms with Crippen LogP contribution >= 0.6 is 0 Å². The maximum absolute atomic E-state index is 4.26. The second-order valence-electron chi connectivity index (χ2n) is 8.20. The zero-order valence-corrected chi connectivity index (χ0v) is 14.4. The van der Waals surface area contributed by atoms with Gasteiger partial charge in [0, 0.05) is 18.2 Å². The third-order valence-electron chi connectivity index (χ3n) is 3.62. The maximum Gasteiger partial charge on any atom is 0.0880 e. The first-order valence-electron chi connectivity index (χ1n) is 8.09. The van der Waals surface area contributed by atoms with Crippen molar-refractivity contribution in [3.05, 3.63) is 11.9 Å². The molecule has 0 saturated carbocycles. The Morgan fingerprint density at radius 2 is 1.50 bits per heavy atom. The summed E-state index contributed by atoms with van der Waals surface area (Å²) in [6.07, 6.45) is 10.0. The highest BCUT2D eigenvalue weighted by Gasteiger charge is 2.17. The van der Waals surface area contributed by atoms with Crippen molar-refractivity contribution in [2.45, 2.75) is 92.0 Å². The number of aryl methyl sites for hydroxylation is 1. The van der Waals surface area contributed by atoms with Crippen LogP contribution < -0.4 is 0 Å². The number of hydrogen-bond acceptors (Lipinski definition) is 2. The smallest absolute Gasteiger partial charge is 0.0880 e. The minimum atomic E-state index is 0.102. The van der Waals surface area contributed by atoms with Gasteiger partial charge in [-0.25, -0.2) is 0 Å². The van der Waals surface area contributed by atoms with E-state index in [1.165, 1.54) is 38.5 Å². The van der Waals surface area contributed by atoms with E-state index in [9.17, 15) is 0 Å². The van der Waals surface area contributed by atoms with Gasteiger partial charge in [-0.05, 0) is 18.3 Å². The topological polar surface area (TPSA) is 30.7 Å². The van der Waals surface area contributed by atoms with Gasteiger partial charge in [0.2, 0.25) is 0 Å². The van der Waals surface area contributed by atoms with E-state index in [1.807, 2.05) is 4.68 Å². The molecule has 1 heterocycles. The Labute approximate surface area is 125 Å². The lowest BCUT2D eigenvalue weighted by Gasteiger charge is -2.17. The molecule has 0 atom stereocenters. The van der Waals surface area contributed by atoms with E-state index in [0.717, 1.165) is 12.2 Å². The summed E-state index contributed by atoms with van der Waals surface area (Å²) in [6, 6.07) is 0. The van der Waals surface area contributed by atoms with Crippen LogP contribution in [0.1, 0.15) is 85.8 Å². The monoisotopic (exact) mass is 279 g/mol. The van der Waals surface area contributed by atoms with E-state index in [1.54, 1.807) is 0 Å². The first-order valence-corrected chi connectivity index (χ1v) is 8.09. The second-order valence-corrected chi connectivity index (χ2v) is 8.20. The van der Waals surface area contributed by atoms with Crippen LogP contribution in [0.5, 0.6) is 0 Å². The van der Waals surface area contributed by atoms with Gasteiger partial charge >= 0.3 is 0 Å². The van der Waals surface area contributed by atoms with Crippen LogP contribution in [-0.4, -0.2) is 15.0 Å². The Bertz CT molecular complexity index is 380. The molecule has 0 saturated heterocycles. The van der Waals surface area contributed by atoms with Gasteiger partial charge in [-0.3, -0.25) is 4.68 Å². The highest BCUT2D eigenvalue weighted by Crippen LogP contribution is 2.22. The Kier molecular flexibility index (Phi) is 6.22. The highest BCUT2D eigenvalue weighted by molar-refractivity contribution is 5.06. The van der Waals surface area contributed by atoms with Gasteiger partial charge in [-0.15, -0.1) is 5.10 Å². The molecule has 3 nitrogen and oxygen atoms in total. The zero-order valence-electron chi connectivity index (χ0n) is 14.4. The molecule has 3 heteroatoms. The number of rotatable bonds is 7. The number of aromatic nitrogens is 3. The average molecular weight is 279 g/mol. The van der Waals surface area contributed by atoms with Crippen molar-refractivity contribution in [3.63, 3.8) is 0 Å². The van der Waals surface area contributed by atoms with Crippen LogP contribution in [0.2, 0.25) is 0 Å². The first kappa shape index (κ1) is 17.2. The predicted molar refractivity (Wildman–Crippen MR) is 85.9 cm³/mol. The highest BCUT2D eigenvalue weighted by atomic mass is 15.4. The van der Waals surface area contributed by atoms with Crippen molar-refractivity contribution in [2.75, 3.05) is 0 Å². The van der Waals surface area contributed by atoms with Crippen LogP contribution in [0.4, 0.5) is 0 Å². The van der Waals surface area contributed by atoms with Crippen molar-refractivity contribution in [3.8, 4) is 0 Å². The third-order valence-corrected chi connectivity index (χ3v) is 3.62. The van der Waals surface area contributed by atoms with E-state index in [4.69, 9.17) is 0 Å². The maximum atomic E-state index is 4.26. The summed E-state index contributed by atoms with van der Waals surface area (Å²) in [4.78, 5) is 0. The summed E-state index contributed by atoms with van der Waals surface area (Å²) in [5, 5.41) is 8.47. The van der Waals surface area contributed by atoms with Crippen LogP contribution in [0, 0.1) is 5.41 Å². The second kappa shape index (κ2) is 7.24. The van der Waals surface area contributed by atoms with Gasteiger partial charge in [0.25, 0.3) is 0 Å². The van der Waals surface area contributed by atoms with Gasteiger partial charge < -0.3 is 0 Å². The van der Waals surface area contributed by atoms with E-state index in [-0.39, 0.29) is 5.41 Å². The molecule has 1 rings (SSSR count). The minimum Gasteiger partial charge on any atom is -0.252 e. The van der Waals surface area contributed by atoms with E-state index < -0.39 is 0 Å². The third kappa shape index (κ3) is 7.06. The van der Waals surface area contributed by atoms with Crippen molar-refractivity contribution < 1.29 is 0 Å². The van der Waals surface area contributed by atoms with Gasteiger partial charge in [-0.2, -0.15) is 0 Å². The summed E-state index contributed by atoms with van der Waals surface area (Å²) in [6.45, 7) is 14.5. The number of hydrogen-bond donors (Lipinski definition) is 0. The molecule has 0 bridgehead atoms. The molecule has 0 aliphatic rings. The van der Waals surface area contributed by atoms with Crippen molar-refractivity contribution >= 4 is 0 Å². The summed E-state index contributed by atoms with van der Waals surface area (Å²) in [5.41, 5.74) is 1.68. The summed E-state index contributed by atoms with van der Waals surface area (Å²) >= 11 is 0. The lowest BCUT2D eigenvalue weighted by atomic mass is 9.89. The molecule has 1 aromatic heterocycles. The van der Waals surface area contributed by atoms with Crippen LogP contribution in [-0.2, 0) is 12.0 Å². The van der Waals surface area contributed by atoms with Gasteiger partial charge in [0.1, 0.15) is 0 Å². The fourth-order valence-corrected chi connectivity index (χ4v) is 2.21. The van der Waals surface area contributed by atoms with Gasteiger partial charge in [-0.1, -0.05) is 72.4 Å². The fraction of sp³-hybridized carbons (Fsp3) is 0.882. The molecular formula is C17H33N3. The summed E-state index contributed by atoms with van der Waals surface area (Å²) in [5.74, 6) is 0. The standard InChI is InChI=1S/C17H33N3/c1-16(2,3)12-10-8-7-9-11-13-20-14-15(18-19-20)17(4,5)6/h14H,7-13H2,1-6H3. The molecule has 0 radical (unpaired) electrons. The minimum absolute atomic E-state index is 0.102. The SMILES string of the molecule is CC(C)(C)CCCCCCCn1cc(C(C)(C)C)nn1. The molecule has 116 valence electrons. The number of unbranched alkanes of at least 4 members (excludes halogenated alkanes) is 4. The zero-order chi connectivity index (χ0) is 15.2. The summed E-state index contributed by atoms with van der Waals surface area (Å²) < 4.78 is 2.00.